The molecular weight excluding hydrogens is 394 g/mol. The minimum Gasteiger partial charge on any atom is -0.465 e. The minimum absolute atomic E-state index is 0.108. The summed E-state index contributed by atoms with van der Waals surface area (Å²) in [6.45, 7) is 1.81. The Morgan fingerprint density at radius 3 is 2.00 bits per heavy atom. The third-order valence-corrected chi connectivity index (χ3v) is 4.46. The summed E-state index contributed by atoms with van der Waals surface area (Å²) in [6.07, 6.45) is 0. The molecule has 1 N–H and O–H groups in total. The Hall–Kier alpha value is -2.68. The number of aromatic nitrogens is 2. The Kier molecular flexibility index (Phi) is 5.58. The Morgan fingerprint density at radius 2 is 1.60 bits per heavy atom. The molecule has 1 aromatic carbocycles. The highest BCUT2D eigenvalue weighted by Gasteiger charge is 2.20. The molecule has 1 aromatic heterocycles. The van der Waals surface area contributed by atoms with Crippen LogP contribution in [0.2, 0.25) is 0 Å². The van der Waals surface area contributed by atoms with Gasteiger partial charge in [-0.3, -0.25) is 9.48 Å². The van der Waals surface area contributed by atoms with Crippen molar-refractivity contribution in [3.05, 3.63) is 45.2 Å². The summed E-state index contributed by atoms with van der Waals surface area (Å²) in [6, 6.07) is 4.13. The van der Waals surface area contributed by atoms with Gasteiger partial charge in [-0.25, -0.2) is 9.59 Å². The van der Waals surface area contributed by atoms with E-state index in [0.717, 1.165) is 5.69 Å². The largest absolute Gasteiger partial charge is 0.465 e. The van der Waals surface area contributed by atoms with E-state index in [0.29, 0.717) is 4.47 Å². The molecule has 1 heterocycles. The summed E-state index contributed by atoms with van der Waals surface area (Å²) >= 11 is 3.32. The Morgan fingerprint density at radius 1 is 1.08 bits per heavy atom. The first kappa shape index (κ1) is 18.7. The van der Waals surface area contributed by atoms with Crippen LogP contribution >= 0.6 is 15.9 Å². The fourth-order valence-electron chi connectivity index (χ4n) is 2.09. The molecule has 0 aliphatic heterocycles. The van der Waals surface area contributed by atoms with E-state index >= 15 is 0 Å². The minimum atomic E-state index is -0.642. The van der Waals surface area contributed by atoms with E-state index in [2.05, 4.69) is 35.8 Å². The fourth-order valence-corrected chi connectivity index (χ4v) is 2.60. The normalized spacial score (nSPS) is 10.3. The number of hydrogen-bond donors (Lipinski definition) is 1. The molecule has 2 rings (SSSR count). The van der Waals surface area contributed by atoms with Crippen LogP contribution in [0.25, 0.3) is 0 Å². The highest BCUT2D eigenvalue weighted by atomic mass is 79.9. The van der Waals surface area contributed by atoms with Crippen LogP contribution in [0.3, 0.4) is 0 Å². The molecule has 0 aliphatic carbocycles. The van der Waals surface area contributed by atoms with Crippen molar-refractivity contribution < 1.29 is 23.9 Å². The van der Waals surface area contributed by atoms with Crippen LogP contribution in [0.15, 0.2) is 22.7 Å². The number of ether oxygens (including phenoxy) is 2. The lowest BCUT2D eigenvalue weighted by Gasteiger charge is -2.09. The monoisotopic (exact) mass is 409 g/mol. The summed E-state index contributed by atoms with van der Waals surface area (Å²) < 4.78 is 11.4. The van der Waals surface area contributed by atoms with E-state index in [1.165, 1.54) is 32.4 Å². The van der Waals surface area contributed by atoms with Crippen molar-refractivity contribution in [2.45, 2.75) is 6.92 Å². The lowest BCUT2D eigenvalue weighted by atomic mass is 10.1. The molecule has 9 heteroatoms. The SMILES string of the molecule is COC(=O)c1cc(NC(=O)c2nn(C)c(C)c2Br)cc(C(=O)OC)c1. The molecular formula is C16H16BrN3O5. The molecule has 1 amide bonds. The molecule has 0 fully saturated rings. The van der Waals surface area contributed by atoms with E-state index in [1.807, 2.05) is 0 Å². The molecule has 2 aromatic rings. The molecule has 0 radical (unpaired) electrons. The molecule has 0 saturated heterocycles. The predicted molar refractivity (Wildman–Crippen MR) is 92.7 cm³/mol. The van der Waals surface area contributed by atoms with Crippen LogP contribution in [0.5, 0.6) is 0 Å². The number of amides is 1. The van der Waals surface area contributed by atoms with Gasteiger partial charge in [0, 0.05) is 12.7 Å². The number of methoxy groups -OCH3 is 2. The number of carbonyl (C=O) groups is 3. The number of benzene rings is 1. The average Bonchev–Trinajstić information content (AvgIpc) is 2.87. The van der Waals surface area contributed by atoms with Crippen molar-refractivity contribution in [1.29, 1.82) is 0 Å². The maximum Gasteiger partial charge on any atom is 0.337 e. The molecule has 0 aliphatic rings. The maximum absolute atomic E-state index is 12.5. The molecule has 0 bridgehead atoms. The third-order valence-electron chi connectivity index (χ3n) is 3.51. The van der Waals surface area contributed by atoms with Crippen LogP contribution in [-0.2, 0) is 16.5 Å². The van der Waals surface area contributed by atoms with Gasteiger partial charge in [-0.05, 0) is 41.1 Å². The highest BCUT2D eigenvalue weighted by Crippen LogP contribution is 2.22. The molecule has 25 heavy (non-hydrogen) atoms. The number of aryl methyl sites for hydroxylation is 1. The number of anilines is 1. The summed E-state index contributed by atoms with van der Waals surface area (Å²) in [4.78, 5) is 36.0. The van der Waals surface area contributed by atoms with Crippen molar-refractivity contribution in [1.82, 2.24) is 9.78 Å². The van der Waals surface area contributed by atoms with Gasteiger partial charge in [0.05, 0.1) is 35.5 Å². The van der Waals surface area contributed by atoms with Crippen molar-refractivity contribution in [3.63, 3.8) is 0 Å². The lowest BCUT2D eigenvalue weighted by molar-refractivity contribution is 0.0599. The second kappa shape index (κ2) is 7.47. The van der Waals surface area contributed by atoms with Crippen LogP contribution < -0.4 is 5.32 Å². The smallest absolute Gasteiger partial charge is 0.337 e. The zero-order valence-electron chi connectivity index (χ0n) is 14.0. The molecule has 0 spiro atoms. The Balaban J connectivity index is 2.40. The van der Waals surface area contributed by atoms with Crippen molar-refractivity contribution in [2.24, 2.45) is 7.05 Å². The molecule has 0 saturated carbocycles. The van der Waals surface area contributed by atoms with Gasteiger partial charge < -0.3 is 14.8 Å². The van der Waals surface area contributed by atoms with Crippen LogP contribution in [-0.4, -0.2) is 41.8 Å². The first-order valence-corrected chi connectivity index (χ1v) is 7.90. The zero-order chi connectivity index (χ0) is 18.7. The molecule has 8 nitrogen and oxygen atoms in total. The lowest BCUT2D eigenvalue weighted by Crippen LogP contribution is -2.15. The summed E-state index contributed by atoms with van der Waals surface area (Å²) in [5, 5.41) is 6.75. The van der Waals surface area contributed by atoms with Crippen molar-refractivity contribution in [2.75, 3.05) is 19.5 Å². The number of nitrogens with one attached hydrogen (secondary N) is 1. The summed E-state index contributed by atoms with van der Waals surface area (Å²) in [5.41, 5.74) is 1.42. The van der Waals surface area contributed by atoms with Gasteiger partial charge >= 0.3 is 11.9 Å². The predicted octanol–water partition coefficient (Wildman–Crippen LogP) is 2.32. The van der Waals surface area contributed by atoms with Gasteiger partial charge in [0.15, 0.2) is 5.69 Å². The van der Waals surface area contributed by atoms with E-state index < -0.39 is 17.8 Å². The maximum atomic E-state index is 12.5. The highest BCUT2D eigenvalue weighted by molar-refractivity contribution is 9.10. The van der Waals surface area contributed by atoms with E-state index in [9.17, 15) is 14.4 Å². The van der Waals surface area contributed by atoms with Gasteiger partial charge in [0.1, 0.15) is 0 Å². The summed E-state index contributed by atoms with van der Waals surface area (Å²) in [7, 11) is 4.16. The number of hydrogen-bond acceptors (Lipinski definition) is 6. The number of carbonyl (C=O) groups excluding carboxylic acids is 3. The first-order chi connectivity index (χ1) is 11.8. The average molecular weight is 410 g/mol. The fraction of sp³-hybridized carbons (Fsp3) is 0.250. The zero-order valence-corrected chi connectivity index (χ0v) is 15.6. The third kappa shape index (κ3) is 3.87. The van der Waals surface area contributed by atoms with E-state index in [1.54, 1.807) is 18.7 Å². The van der Waals surface area contributed by atoms with Gasteiger partial charge in [0.2, 0.25) is 0 Å². The Bertz CT molecular complexity index is 825. The topological polar surface area (TPSA) is 99.5 Å². The number of rotatable bonds is 4. The van der Waals surface area contributed by atoms with Crippen molar-refractivity contribution in [3.8, 4) is 0 Å². The number of nitrogens with zero attached hydrogens (tertiary/aromatic N) is 2. The van der Waals surface area contributed by atoms with Crippen LogP contribution in [0.4, 0.5) is 5.69 Å². The van der Waals surface area contributed by atoms with Crippen molar-refractivity contribution >= 4 is 39.5 Å². The molecule has 0 unspecified atom stereocenters. The number of esters is 2. The van der Waals surface area contributed by atoms with Gasteiger partial charge in [0.25, 0.3) is 5.91 Å². The van der Waals surface area contributed by atoms with Gasteiger partial charge in [-0.2, -0.15) is 5.10 Å². The first-order valence-electron chi connectivity index (χ1n) is 7.10. The molecule has 132 valence electrons. The number of halogens is 1. The van der Waals surface area contributed by atoms with Gasteiger partial charge in [-0.1, -0.05) is 0 Å². The van der Waals surface area contributed by atoms with Crippen LogP contribution in [0, 0.1) is 6.92 Å². The second-order valence-corrected chi connectivity index (χ2v) is 5.90. The van der Waals surface area contributed by atoms with Gasteiger partial charge in [-0.15, -0.1) is 0 Å². The summed E-state index contributed by atoms with van der Waals surface area (Å²) in [5.74, 6) is -1.78. The second-order valence-electron chi connectivity index (χ2n) is 5.11. The van der Waals surface area contributed by atoms with E-state index in [4.69, 9.17) is 0 Å². The quantitative estimate of drug-likeness (QED) is 0.777. The standard InChI is InChI=1S/C16H16BrN3O5/c1-8-12(17)13(19-20(8)2)14(21)18-11-6-9(15(22)24-3)5-10(7-11)16(23)25-4/h5-7H,1-4H3,(H,18,21). The van der Waals surface area contributed by atoms with Crippen LogP contribution in [0.1, 0.15) is 36.9 Å². The Labute approximate surface area is 152 Å². The molecule has 0 atom stereocenters. The van der Waals surface area contributed by atoms with E-state index in [-0.39, 0.29) is 22.5 Å².